The molecule has 3 amide bonds. The normalized spacial score (nSPS) is 20.3. The summed E-state index contributed by atoms with van der Waals surface area (Å²) in [6.45, 7) is 3.23. The average Bonchev–Trinajstić information content (AvgIpc) is 3.21. The van der Waals surface area contributed by atoms with Gasteiger partial charge in [-0.05, 0) is 12.5 Å². The maximum absolute atomic E-state index is 12.9. The lowest BCUT2D eigenvalue weighted by Crippen LogP contribution is -2.70. The third kappa shape index (κ3) is 5.05. The number of hydrogen-bond donors (Lipinski definition) is 2. The number of oxime groups is 1. The van der Waals surface area contributed by atoms with Crippen LogP contribution in [0.25, 0.3) is 0 Å². The largest absolute Gasteiger partial charge is 0.461 e. The van der Waals surface area contributed by atoms with Crippen molar-refractivity contribution in [3.8, 4) is 0 Å². The fourth-order valence-electron chi connectivity index (χ4n) is 3.02. The first-order chi connectivity index (χ1) is 15.3. The summed E-state index contributed by atoms with van der Waals surface area (Å²) >= 11 is 8.02. The number of β-lactam (4-membered cyclic amide) rings is 1. The Labute approximate surface area is 196 Å². The Morgan fingerprint density at radius 2 is 2.16 bits per heavy atom. The van der Waals surface area contributed by atoms with Gasteiger partial charge in [0.1, 0.15) is 36.7 Å². The molecule has 2 aliphatic rings. The predicted octanol–water partition coefficient (Wildman–Crippen LogP) is 0.908. The number of thiazole rings is 1. The van der Waals surface area contributed by atoms with Crippen molar-refractivity contribution in [2.24, 2.45) is 5.16 Å². The average molecular weight is 502 g/mol. The number of thioether (sulfide) groups is 1. The molecular formula is C18H20ClN5O6S2. The molecule has 0 bridgehead atoms. The molecular weight excluding hydrogens is 482 g/mol. The number of esters is 1. The van der Waals surface area contributed by atoms with E-state index in [1.165, 1.54) is 31.2 Å². The zero-order chi connectivity index (χ0) is 23.4. The number of alkyl halides is 1. The number of amides is 3. The van der Waals surface area contributed by atoms with E-state index >= 15 is 0 Å². The van der Waals surface area contributed by atoms with Crippen LogP contribution >= 0.6 is 34.7 Å². The van der Waals surface area contributed by atoms with Gasteiger partial charge in [0.15, 0.2) is 10.8 Å². The van der Waals surface area contributed by atoms with Gasteiger partial charge >= 0.3 is 5.97 Å². The van der Waals surface area contributed by atoms with Crippen LogP contribution in [-0.2, 0) is 28.8 Å². The summed E-state index contributed by atoms with van der Waals surface area (Å²) < 4.78 is 5.04. The summed E-state index contributed by atoms with van der Waals surface area (Å²) in [6, 6.07) is -0.756. The summed E-state index contributed by atoms with van der Waals surface area (Å²) in [6.07, 6.45) is 0. The highest BCUT2D eigenvalue weighted by Gasteiger charge is 2.52. The molecule has 32 heavy (non-hydrogen) atoms. The first-order valence-electron chi connectivity index (χ1n) is 9.27. The maximum Gasteiger partial charge on any atom is 0.302 e. The minimum Gasteiger partial charge on any atom is -0.461 e. The van der Waals surface area contributed by atoms with Crippen LogP contribution in [0.1, 0.15) is 19.5 Å². The zero-order valence-electron chi connectivity index (χ0n) is 17.3. The van der Waals surface area contributed by atoms with Crippen molar-refractivity contribution in [1.82, 2.24) is 15.2 Å². The van der Waals surface area contributed by atoms with E-state index < -0.39 is 23.8 Å². The highest BCUT2D eigenvalue weighted by atomic mass is 35.5. The van der Waals surface area contributed by atoms with Crippen LogP contribution in [0, 0.1) is 0 Å². The number of nitrogens with zero attached hydrogens (tertiary/aromatic N) is 3. The molecule has 0 aliphatic carbocycles. The van der Waals surface area contributed by atoms with Crippen molar-refractivity contribution in [3.05, 3.63) is 22.3 Å². The van der Waals surface area contributed by atoms with Crippen LogP contribution in [0.2, 0.25) is 0 Å². The number of allylic oxidation sites excluding steroid dienone is 1. The molecule has 2 atom stereocenters. The lowest BCUT2D eigenvalue weighted by atomic mass is 10.0. The molecule has 1 saturated heterocycles. The lowest BCUT2D eigenvalue weighted by molar-refractivity contribution is -0.145. The molecule has 3 heterocycles. The van der Waals surface area contributed by atoms with E-state index in [0.29, 0.717) is 5.75 Å². The first-order valence-corrected chi connectivity index (χ1v) is 11.7. The minimum absolute atomic E-state index is 0.124. The SMILES string of the molecule is CO/N=C(\C(=O)NC1C(=O)N2C(C)=C(COC(C)=O)CSC12)c1csc(NC(=O)CCl)n1. The molecule has 2 N–H and O–H groups in total. The Kier molecular flexibility index (Phi) is 7.74. The van der Waals surface area contributed by atoms with Gasteiger partial charge in [0, 0.05) is 23.8 Å². The number of nitrogens with one attached hydrogen (secondary N) is 2. The second kappa shape index (κ2) is 10.3. The quantitative estimate of drug-likeness (QED) is 0.176. The Balaban J connectivity index is 1.69. The second-order valence-electron chi connectivity index (χ2n) is 6.67. The lowest BCUT2D eigenvalue weighted by Gasteiger charge is -2.50. The summed E-state index contributed by atoms with van der Waals surface area (Å²) in [7, 11) is 1.28. The second-order valence-corrected chi connectivity index (χ2v) is 8.90. The van der Waals surface area contributed by atoms with E-state index in [1.807, 2.05) is 0 Å². The van der Waals surface area contributed by atoms with E-state index in [2.05, 4.69) is 20.8 Å². The van der Waals surface area contributed by atoms with Crippen LogP contribution in [0.15, 0.2) is 21.8 Å². The van der Waals surface area contributed by atoms with Crippen molar-refractivity contribution >= 4 is 69.2 Å². The summed E-state index contributed by atoms with van der Waals surface area (Å²) in [5.41, 5.74) is 1.61. The Morgan fingerprint density at radius 1 is 1.41 bits per heavy atom. The standard InChI is InChI=1S/C18H20ClN5O6S2/c1-8-10(5-30-9(2)25)6-31-17-14(16(28)24(8)17)22-15(27)13(23-29-3)11-7-32-18(20-11)21-12(26)4-19/h7,14,17H,4-6H2,1-3H3,(H,22,27)(H,20,21,26)/b23-13-. The van der Waals surface area contributed by atoms with Gasteiger partial charge in [-0.2, -0.15) is 0 Å². The van der Waals surface area contributed by atoms with E-state index in [1.54, 1.807) is 11.8 Å². The molecule has 0 radical (unpaired) electrons. The van der Waals surface area contributed by atoms with Crippen molar-refractivity contribution in [3.63, 3.8) is 0 Å². The van der Waals surface area contributed by atoms with Gasteiger partial charge in [-0.15, -0.1) is 34.7 Å². The molecule has 0 aromatic carbocycles. The number of ether oxygens (including phenoxy) is 1. The molecule has 1 fully saturated rings. The number of aromatic nitrogens is 1. The monoisotopic (exact) mass is 501 g/mol. The van der Waals surface area contributed by atoms with Crippen LogP contribution < -0.4 is 10.6 Å². The fraction of sp³-hybridized carbons (Fsp3) is 0.444. The topological polar surface area (TPSA) is 139 Å². The molecule has 1 aromatic rings. The third-order valence-corrected chi connectivity index (χ3v) is 6.93. The number of halogens is 1. The third-order valence-electron chi connectivity index (χ3n) is 4.59. The van der Waals surface area contributed by atoms with Gasteiger partial charge in [-0.25, -0.2) is 4.98 Å². The van der Waals surface area contributed by atoms with E-state index in [4.69, 9.17) is 21.2 Å². The molecule has 14 heteroatoms. The maximum atomic E-state index is 12.9. The number of hydrogen-bond acceptors (Lipinski definition) is 10. The van der Waals surface area contributed by atoms with Gasteiger partial charge in [-0.3, -0.25) is 24.1 Å². The van der Waals surface area contributed by atoms with Crippen molar-refractivity contribution < 1.29 is 28.8 Å². The summed E-state index contributed by atoms with van der Waals surface area (Å²) in [5, 5.41) is 10.4. The molecule has 172 valence electrons. The van der Waals surface area contributed by atoms with Crippen LogP contribution in [0.4, 0.5) is 5.13 Å². The van der Waals surface area contributed by atoms with Gasteiger partial charge in [0.05, 0.1) is 0 Å². The van der Waals surface area contributed by atoms with Crippen LogP contribution in [0.3, 0.4) is 0 Å². The highest BCUT2D eigenvalue weighted by molar-refractivity contribution is 8.00. The Morgan fingerprint density at radius 3 is 2.81 bits per heavy atom. The predicted molar refractivity (Wildman–Crippen MR) is 119 cm³/mol. The number of fused-ring (bicyclic) bond motifs is 1. The molecule has 2 unspecified atom stereocenters. The molecule has 1 aromatic heterocycles. The van der Waals surface area contributed by atoms with E-state index in [0.717, 1.165) is 22.6 Å². The van der Waals surface area contributed by atoms with Crippen molar-refractivity contribution in [2.75, 3.05) is 30.7 Å². The fourth-order valence-corrected chi connectivity index (χ4v) is 5.25. The number of carbonyl (C=O) groups is 4. The van der Waals surface area contributed by atoms with Crippen LogP contribution in [0.5, 0.6) is 0 Å². The Bertz CT molecular complexity index is 1010. The smallest absolute Gasteiger partial charge is 0.302 e. The van der Waals surface area contributed by atoms with Crippen molar-refractivity contribution in [2.45, 2.75) is 25.3 Å². The highest BCUT2D eigenvalue weighted by Crippen LogP contribution is 2.40. The van der Waals surface area contributed by atoms with E-state index in [-0.39, 0.29) is 40.3 Å². The zero-order valence-corrected chi connectivity index (χ0v) is 19.7. The number of carbonyl (C=O) groups excluding carboxylic acids is 4. The van der Waals surface area contributed by atoms with Crippen molar-refractivity contribution in [1.29, 1.82) is 0 Å². The summed E-state index contributed by atoms with van der Waals surface area (Å²) in [4.78, 5) is 58.5. The molecule has 2 aliphatic heterocycles. The van der Waals surface area contributed by atoms with Gasteiger partial charge < -0.3 is 20.2 Å². The minimum atomic E-state index is -0.756. The van der Waals surface area contributed by atoms with Gasteiger partial charge in [-0.1, -0.05) is 5.16 Å². The Hall–Kier alpha value is -2.64. The molecule has 3 rings (SSSR count). The van der Waals surface area contributed by atoms with E-state index in [9.17, 15) is 19.2 Å². The van der Waals surface area contributed by atoms with Gasteiger partial charge in [0.25, 0.3) is 11.8 Å². The summed E-state index contributed by atoms with van der Waals surface area (Å²) in [5.74, 6) is -1.42. The molecule has 0 saturated carbocycles. The van der Waals surface area contributed by atoms with Gasteiger partial charge in [0.2, 0.25) is 5.91 Å². The first kappa shape index (κ1) is 24.0. The number of rotatable bonds is 8. The molecule has 11 nitrogen and oxygen atoms in total. The molecule has 0 spiro atoms. The number of anilines is 1. The van der Waals surface area contributed by atoms with Crippen LogP contribution in [-0.4, -0.2) is 76.1 Å².